The zero-order chi connectivity index (χ0) is 3.98. The number of rotatable bonds is 0. The molecule has 0 aromatic carbocycles. The van der Waals surface area contributed by atoms with E-state index in [4.69, 9.17) is 9.78 Å². The van der Waals surface area contributed by atoms with Crippen molar-refractivity contribution in [3.63, 3.8) is 0 Å². The molecule has 3 rings (SSSR count). The van der Waals surface area contributed by atoms with Gasteiger partial charge in [0.2, 0.25) is 0 Å². The average molecular weight is 86.1 g/mol. The van der Waals surface area contributed by atoms with Crippen molar-refractivity contribution >= 4 is 0 Å². The molecule has 0 amide bonds. The summed E-state index contributed by atoms with van der Waals surface area (Å²) in [5.41, 5.74) is 0. The quantitative estimate of drug-likeness (QED) is 0.399. The molecule has 0 aromatic heterocycles. The smallest absolute Gasteiger partial charge is 0.0981 e. The number of hydrogen-bond acceptors (Lipinski definition) is 2. The highest BCUT2D eigenvalue weighted by atomic mass is 17.2. The van der Waals surface area contributed by atoms with E-state index in [1.54, 1.807) is 0 Å². The van der Waals surface area contributed by atoms with Gasteiger partial charge >= 0.3 is 0 Å². The fourth-order valence-electron chi connectivity index (χ4n) is 0.832. The van der Waals surface area contributed by atoms with E-state index >= 15 is 0 Å². The van der Waals surface area contributed by atoms with E-state index in [0.717, 1.165) is 12.8 Å². The highest BCUT2D eigenvalue weighted by molar-refractivity contribution is 4.82. The Labute approximate surface area is 36.0 Å². The van der Waals surface area contributed by atoms with E-state index in [-0.39, 0.29) is 0 Å². The van der Waals surface area contributed by atoms with Crippen molar-refractivity contribution in [1.29, 1.82) is 0 Å². The zero-order valence-corrected chi connectivity index (χ0v) is 3.39. The van der Waals surface area contributed by atoms with Gasteiger partial charge in [-0.25, -0.2) is 9.78 Å². The Balaban J connectivity index is 2.16. The highest BCUT2D eigenvalue weighted by Crippen LogP contribution is 2.34. The summed E-state index contributed by atoms with van der Waals surface area (Å²) in [6.45, 7) is 0. The predicted octanol–water partition coefficient (Wildman–Crippen LogP) is 0.479. The summed E-state index contributed by atoms with van der Waals surface area (Å²) >= 11 is 0. The van der Waals surface area contributed by atoms with Crippen LogP contribution >= 0.6 is 0 Å². The lowest BCUT2D eigenvalue weighted by atomic mass is 9.94. The standard InChI is InChI=1S/C4H6O2/c1-3-2-4(1)6-5-3/h3-4H,1-2H2. The van der Waals surface area contributed by atoms with Crippen LogP contribution in [0.2, 0.25) is 0 Å². The first kappa shape index (κ1) is 2.99. The van der Waals surface area contributed by atoms with Crippen LogP contribution in [0.1, 0.15) is 12.8 Å². The molecule has 1 aliphatic carbocycles. The van der Waals surface area contributed by atoms with Crippen LogP contribution in [0.3, 0.4) is 0 Å². The second-order valence-corrected chi connectivity index (χ2v) is 1.91. The summed E-state index contributed by atoms with van der Waals surface area (Å²) in [6, 6.07) is 0. The van der Waals surface area contributed by atoms with E-state index in [1.165, 1.54) is 0 Å². The van der Waals surface area contributed by atoms with Crippen LogP contribution in [0.15, 0.2) is 0 Å². The topological polar surface area (TPSA) is 18.5 Å². The molecular formula is C4H6O2. The van der Waals surface area contributed by atoms with E-state index in [9.17, 15) is 0 Å². The summed E-state index contributed by atoms with van der Waals surface area (Å²) < 4.78 is 0. The van der Waals surface area contributed by atoms with Gasteiger partial charge in [0.25, 0.3) is 0 Å². The normalized spacial score (nSPS) is 52.0. The molecule has 6 heavy (non-hydrogen) atoms. The molecule has 1 saturated carbocycles. The van der Waals surface area contributed by atoms with Crippen LogP contribution in [0.5, 0.6) is 0 Å². The molecule has 0 N–H and O–H groups in total. The Bertz CT molecular complexity index is 52.4. The van der Waals surface area contributed by atoms with Gasteiger partial charge in [-0.05, 0) is 0 Å². The first-order valence-electron chi connectivity index (χ1n) is 2.27. The molecule has 2 saturated heterocycles. The summed E-state index contributed by atoms with van der Waals surface area (Å²) in [5.74, 6) is 0. The second kappa shape index (κ2) is 0.768. The molecule has 0 radical (unpaired) electrons. The van der Waals surface area contributed by atoms with Gasteiger partial charge in [0.05, 0.1) is 12.2 Å². The van der Waals surface area contributed by atoms with E-state index in [1.807, 2.05) is 0 Å². The van der Waals surface area contributed by atoms with Crippen LogP contribution in [0.4, 0.5) is 0 Å². The molecule has 2 nitrogen and oxygen atoms in total. The lowest BCUT2D eigenvalue weighted by Crippen LogP contribution is -2.22. The maximum Gasteiger partial charge on any atom is 0.0981 e. The molecule has 0 spiro atoms. The first-order chi connectivity index (χ1) is 2.95. The average Bonchev–Trinajstić information content (AvgIpc) is 1.72. The minimum absolute atomic E-state index is 0.468. The monoisotopic (exact) mass is 86.0 g/mol. The molecule has 0 unspecified atom stereocenters. The number of fused-ring (bicyclic) bond motifs is 1. The molecular weight excluding hydrogens is 80.0 g/mol. The lowest BCUT2D eigenvalue weighted by Gasteiger charge is -2.12. The molecule has 3 fully saturated rings. The third-order valence-electron chi connectivity index (χ3n) is 1.38. The third-order valence-corrected chi connectivity index (χ3v) is 1.38. The minimum Gasteiger partial charge on any atom is -0.233 e. The van der Waals surface area contributed by atoms with Gasteiger partial charge in [-0.2, -0.15) is 0 Å². The van der Waals surface area contributed by atoms with Gasteiger partial charge in [-0.15, -0.1) is 0 Å². The van der Waals surface area contributed by atoms with Gasteiger partial charge in [-0.1, -0.05) is 0 Å². The minimum atomic E-state index is 0.468. The molecule has 2 aliphatic heterocycles. The SMILES string of the molecule is C1C2CC1OO2. The van der Waals surface area contributed by atoms with Crippen LogP contribution in [0, 0.1) is 0 Å². The Morgan fingerprint density at radius 3 is 1.67 bits per heavy atom. The van der Waals surface area contributed by atoms with Gasteiger partial charge in [0, 0.05) is 12.8 Å². The third kappa shape index (κ3) is 0.200. The molecule has 2 heterocycles. The first-order valence-corrected chi connectivity index (χ1v) is 2.27. The Morgan fingerprint density at radius 1 is 1.00 bits per heavy atom. The largest absolute Gasteiger partial charge is 0.233 e. The molecule has 2 heteroatoms. The fraction of sp³-hybridized carbons (Fsp3) is 1.00. The summed E-state index contributed by atoms with van der Waals surface area (Å²) in [5, 5.41) is 0. The number of hydrogen-bond donors (Lipinski definition) is 0. The Morgan fingerprint density at radius 2 is 1.50 bits per heavy atom. The maximum absolute atomic E-state index is 4.73. The molecule has 3 aliphatic rings. The van der Waals surface area contributed by atoms with Crippen molar-refractivity contribution in [3.8, 4) is 0 Å². The second-order valence-electron chi connectivity index (χ2n) is 1.91. The van der Waals surface area contributed by atoms with Crippen molar-refractivity contribution < 1.29 is 9.78 Å². The van der Waals surface area contributed by atoms with Gasteiger partial charge in [-0.3, -0.25) is 0 Å². The maximum atomic E-state index is 4.73. The Hall–Kier alpha value is -0.0800. The van der Waals surface area contributed by atoms with Gasteiger partial charge in [0.1, 0.15) is 0 Å². The predicted molar refractivity (Wildman–Crippen MR) is 19.0 cm³/mol. The highest BCUT2D eigenvalue weighted by Gasteiger charge is 2.39. The molecule has 0 aromatic rings. The van der Waals surface area contributed by atoms with Gasteiger partial charge < -0.3 is 0 Å². The van der Waals surface area contributed by atoms with Crippen molar-refractivity contribution in [2.24, 2.45) is 0 Å². The Kier molecular flexibility index (Phi) is 0.383. The summed E-state index contributed by atoms with van der Waals surface area (Å²) in [7, 11) is 0. The van der Waals surface area contributed by atoms with E-state index in [0.29, 0.717) is 12.2 Å². The fourth-order valence-corrected chi connectivity index (χ4v) is 0.832. The molecule has 2 bridgehead atoms. The van der Waals surface area contributed by atoms with Crippen LogP contribution < -0.4 is 0 Å². The molecule has 34 valence electrons. The van der Waals surface area contributed by atoms with Crippen molar-refractivity contribution in [2.75, 3.05) is 0 Å². The van der Waals surface area contributed by atoms with Crippen molar-refractivity contribution in [2.45, 2.75) is 25.0 Å². The van der Waals surface area contributed by atoms with Crippen molar-refractivity contribution in [3.05, 3.63) is 0 Å². The van der Waals surface area contributed by atoms with E-state index in [2.05, 4.69) is 0 Å². The zero-order valence-electron chi connectivity index (χ0n) is 3.39. The van der Waals surface area contributed by atoms with E-state index < -0.39 is 0 Å². The van der Waals surface area contributed by atoms with Crippen LogP contribution in [-0.4, -0.2) is 12.2 Å². The summed E-state index contributed by atoms with van der Waals surface area (Å²) in [4.78, 5) is 9.45. The van der Waals surface area contributed by atoms with Gasteiger partial charge in [0.15, 0.2) is 0 Å². The molecule has 0 atom stereocenters. The summed E-state index contributed by atoms with van der Waals surface area (Å²) in [6.07, 6.45) is 3.21. The van der Waals surface area contributed by atoms with Crippen molar-refractivity contribution in [1.82, 2.24) is 0 Å². The lowest BCUT2D eigenvalue weighted by molar-refractivity contribution is -0.250. The van der Waals surface area contributed by atoms with Crippen LogP contribution in [0.25, 0.3) is 0 Å². The van der Waals surface area contributed by atoms with Crippen LogP contribution in [-0.2, 0) is 9.78 Å².